The van der Waals surface area contributed by atoms with Crippen LogP contribution in [0.5, 0.6) is 0 Å². The number of carbonyl (C=O) groups excluding carboxylic acids is 1. The van der Waals surface area contributed by atoms with Crippen molar-refractivity contribution < 1.29 is 17.6 Å². The van der Waals surface area contributed by atoms with E-state index in [0.717, 1.165) is 6.26 Å². The van der Waals surface area contributed by atoms with Crippen LogP contribution in [-0.4, -0.2) is 20.6 Å². The normalized spacial score (nSPS) is 17.3. The van der Waals surface area contributed by atoms with Gasteiger partial charge in [-0.05, 0) is 46.5 Å². The van der Waals surface area contributed by atoms with E-state index >= 15 is 0 Å². The summed E-state index contributed by atoms with van der Waals surface area (Å²) in [6.45, 7) is 0. The minimum Gasteiger partial charge on any atom is -0.273 e. The molecule has 2 rings (SSSR count). The Hall–Kier alpha value is -0.950. The lowest BCUT2D eigenvalue weighted by Crippen LogP contribution is -2.38. The maximum Gasteiger partial charge on any atom is 0.244 e. The highest BCUT2D eigenvalue weighted by molar-refractivity contribution is 9.10. The zero-order chi connectivity index (χ0) is 13.6. The summed E-state index contributed by atoms with van der Waals surface area (Å²) in [7, 11) is -3.60. The molecular formula is C11H11BrFNO3S. The standard InChI is InChI=1S/C11H11BrFNO3S/c1-18(16,17)14-10(15)11(4-5-11)7-2-3-8(12)9(13)6-7/h2-3,6H,4-5H2,1H3,(H,14,15). The number of hydrogen-bond donors (Lipinski definition) is 1. The van der Waals surface area contributed by atoms with Crippen molar-refractivity contribution in [2.75, 3.05) is 6.26 Å². The first-order valence-corrected chi connectivity index (χ1v) is 7.91. The molecule has 4 nitrogen and oxygen atoms in total. The van der Waals surface area contributed by atoms with Gasteiger partial charge in [-0.3, -0.25) is 9.52 Å². The van der Waals surface area contributed by atoms with Crippen LogP contribution in [0.4, 0.5) is 4.39 Å². The Balaban J connectivity index is 2.32. The molecule has 98 valence electrons. The second kappa shape index (κ2) is 4.31. The molecule has 1 saturated carbocycles. The number of halogens is 2. The van der Waals surface area contributed by atoms with Crippen molar-refractivity contribution in [1.82, 2.24) is 4.72 Å². The summed E-state index contributed by atoms with van der Waals surface area (Å²) in [5, 5.41) is 0. The SMILES string of the molecule is CS(=O)(=O)NC(=O)C1(c2ccc(Br)c(F)c2)CC1. The number of carbonyl (C=O) groups is 1. The van der Waals surface area contributed by atoms with Crippen LogP contribution in [0.25, 0.3) is 0 Å². The summed E-state index contributed by atoms with van der Waals surface area (Å²) < 4.78 is 37.8. The third-order valence-corrected chi connectivity index (χ3v) is 4.13. The van der Waals surface area contributed by atoms with Crippen molar-refractivity contribution in [3.05, 3.63) is 34.1 Å². The quantitative estimate of drug-likeness (QED) is 0.914. The molecule has 1 fully saturated rings. The summed E-state index contributed by atoms with van der Waals surface area (Å²) in [6.07, 6.45) is 1.97. The number of rotatable bonds is 3. The van der Waals surface area contributed by atoms with E-state index in [9.17, 15) is 17.6 Å². The molecule has 0 bridgehead atoms. The molecule has 0 aromatic heterocycles. The van der Waals surface area contributed by atoms with Gasteiger partial charge in [0.15, 0.2) is 0 Å². The first kappa shape index (κ1) is 13.5. The van der Waals surface area contributed by atoms with Crippen LogP contribution >= 0.6 is 15.9 Å². The number of nitrogens with one attached hydrogen (secondary N) is 1. The predicted molar refractivity (Wildman–Crippen MR) is 68.0 cm³/mol. The molecule has 7 heteroatoms. The Labute approximate surface area is 113 Å². The maximum atomic E-state index is 13.4. The third-order valence-electron chi connectivity index (χ3n) is 2.93. The average Bonchev–Trinajstić information content (AvgIpc) is 3.00. The molecule has 0 heterocycles. The van der Waals surface area contributed by atoms with Gasteiger partial charge in [-0.15, -0.1) is 0 Å². The molecule has 0 aliphatic heterocycles. The Bertz CT molecular complexity index is 611. The molecule has 0 radical (unpaired) electrons. The fourth-order valence-corrected chi connectivity index (χ4v) is 2.61. The van der Waals surface area contributed by atoms with E-state index in [2.05, 4.69) is 15.9 Å². The minimum atomic E-state index is -3.60. The first-order valence-electron chi connectivity index (χ1n) is 5.22. The van der Waals surface area contributed by atoms with E-state index in [4.69, 9.17) is 0 Å². The van der Waals surface area contributed by atoms with Crippen LogP contribution < -0.4 is 4.72 Å². The smallest absolute Gasteiger partial charge is 0.244 e. The Morgan fingerprint density at radius 2 is 2.06 bits per heavy atom. The fraction of sp³-hybridized carbons (Fsp3) is 0.364. The van der Waals surface area contributed by atoms with E-state index in [0.29, 0.717) is 22.9 Å². The van der Waals surface area contributed by atoms with Crippen molar-refractivity contribution in [3.63, 3.8) is 0 Å². The van der Waals surface area contributed by atoms with E-state index in [1.54, 1.807) is 6.07 Å². The van der Waals surface area contributed by atoms with Crippen LogP contribution in [0, 0.1) is 5.82 Å². The van der Waals surface area contributed by atoms with Crippen molar-refractivity contribution >= 4 is 31.9 Å². The molecule has 0 unspecified atom stereocenters. The highest BCUT2D eigenvalue weighted by atomic mass is 79.9. The Kier molecular flexibility index (Phi) is 3.23. The minimum absolute atomic E-state index is 0.311. The summed E-state index contributed by atoms with van der Waals surface area (Å²) in [6, 6.07) is 4.40. The van der Waals surface area contributed by atoms with Crippen molar-refractivity contribution in [3.8, 4) is 0 Å². The van der Waals surface area contributed by atoms with Crippen molar-refractivity contribution in [2.24, 2.45) is 0 Å². The molecule has 0 spiro atoms. The number of sulfonamides is 1. The lowest BCUT2D eigenvalue weighted by molar-refractivity contribution is -0.121. The zero-order valence-electron chi connectivity index (χ0n) is 9.54. The largest absolute Gasteiger partial charge is 0.273 e. The van der Waals surface area contributed by atoms with Gasteiger partial charge < -0.3 is 0 Å². The average molecular weight is 336 g/mol. The van der Waals surface area contributed by atoms with Crippen LogP contribution in [0.1, 0.15) is 18.4 Å². The Morgan fingerprint density at radius 3 is 2.50 bits per heavy atom. The second-order valence-electron chi connectivity index (χ2n) is 4.41. The summed E-state index contributed by atoms with van der Waals surface area (Å²) in [5.41, 5.74) is -0.394. The summed E-state index contributed by atoms with van der Waals surface area (Å²) >= 11 is 3.03. The van der Waals surface area contributed by atoms with Gasteiger partial charge in [0.05, 0.1) is 16.1 Å². The highest BCUT2D eigenvalue weighted by Crippen LogP contribution is 2.49. The van der Waals surface area contributed by atoms with Gasteiger partial charge in [-0.2, -0.15) is 0 Å². The molecule has 1 aliphatic carbocycles. The lowest BCUT2D eigenvalue weighted by Gasteiger charge is -2.15. The molecule has 18 heavy (non-hydrogen) atoms. The van der Waals surface area contributed by atoms with Crippen LogP contribution in [-0.2, 0) is 20.2 Å². The molecular weight excluding hydrogens is 325 g/mol. The zero-order valence-corrected chi connectivity index (χ0v) is 11.9. The third kappa shape index (κ3) is 2.56. The fourth-order valence-electron chi connectivity index (χ4n) is 1.83. The molecule has 1 N–H and O–H groups in total. The van der Waals surface area contributed by atoms with Crippen molar-refractivity contribution in [2.45, 2.75) is 18.3 Å². The van der Waals surface area contributed by atoms with Gasteiger partial charge >= 0.3 is 0 Å². The Morgan fingerprint density at radius 1 is 1.44 bits per heavy atom. The molecule has 1 aromatic rings. The van der Waals surface area contributed by atoms with Gasteiger partial charge in [-0.1, -0.05) is 6.07 Å². The van der Waals surface area contributed by atoms with Crippen molar-refractivity contribution in [1.29, 1.82) is 0 Å². The molecule has 0 atom stereocenters. The van der Waals surface area contributed by atoms with Gasteiger partial charge in [0.25, 0.3) is 0 Å². The van der Waals surface area contributed by atoms with E-state index in [1.165, 1.54) is 12.1 Å². The lowest BCUT2D eigenvalue weighted by atomic mass is 9.95. The molecule has 1 amide bonds. The van der Waals surface area contributed by atoms with Crippen LogP contribution in [0.15, 0.2) is 22.7 Å². The number of hydrogen-bond acceptors (Lipinski definition) is 3. The first-order chi connectivity index (χ1) is 8.24. The summed E-state index contributed by atoms with van der Waals surface area (Å²) in [4.78, 5) is 11.9. The van der Waals surface area contributed by atoms with Gasteiger partial charge in [0.1, 0.15) is 5.82 Å². The summed E-state index contributed by atoms with van der Waals surface area (Å²) in [5.74, 6) is -1.06. The number of amides is 1. The second-order valence-corrected chi connectivity index (χ2v) is 7.02. The molecule has 0 saturated heterocycles. The topological polar surface area (TPSA) is 63.2 Å². The molecule has 1 aliphatic rings. The van der Waals surface area contributed by atoms with E-state index in [1.807, 2.05) is 4.72 Å². The van der Waals surface area contributed by atoms with E-state index < -0.39 is 27.2 Å². The monoisotopic (exact) mass is 335 g/mol. The van der Waals surface area contributed by atoms with Crippen LogP contribution in [0.2, 0.25) is 0 Å². The highest BCUT2D eigenvalue weighted by Gasteiger charge is 2.52. The van der Waals surface area contributed by atoms with Gasteiger partial charge in [-0.25, -0.2) is 12.8 Å². The predicted octanol–water partition coefficient (Wildman–Crippen LogP) is 1.70. The van der Waals surface area contributed by atoms with E-state index in [-0.39, 0.29) is 0 Å². The number of benzene rings is 1. The maximum absolute atomic E-state index is 13.4. The van der Waals surface area contributed by atoms with Gasteiger partial charge in [0.2, 0.25) is 15.9 Å². The van der Waals surface area contributed by atoms with Crippen LogP contribution in [0.3, 0.4) is 0 Å². The molecule has 1 aromatic carbocycles. The van der Waals surface area contributed by atoms with Gasteiger partial charge in [0, 0.05) is 0 Å².